The molecule has 2 aliphatic rings. The van der Waals surface area contributed by atoms with Crippen molar-refractivity contribution in [2.75, 3.05) is 18.2 Å². The Hall–Kier alpha value is -0.750. The van der Waals surface area contributed by atoms with E-state index in [4.69, 9.17) is 5.11 Å². The van der Waals surface area contributed by atoms with Gasteiger partial charge in [-0.15, -0.1) is 11.8 Å². The maximum Gasteiger partial charge on any atom is 0.327 e. The van der Waals surface area contributed by atoms with Crippen LogP contribution in [0.2, 0.25) is 0 Å². The van der Waals surface area contributed by atoms with Crippen molar-refractivity contribution in [3.8, 4) is 0 Å². The van der Waals surface area contributed by atoms with Crippen molar-refractivity contribution in [2.45, 2.75) is 31.3 Å². The zero-order valence-corrected chi connectivity index (χ0v) is 9.83. The van der Waals surface area contributed by atoms with E-state index in [1.807, 2.05) is 0 Å². The van der Waals surface area contributed by atoms with Gasteiger partial charge in [-0.25, -0.2) is 4.79 Å². The summed E-state index contributed by atoms with van der Waals surface area (Å²) in [5.74, 6) is 0.0770. The highest BCUT2D eigenvalue weighted by Gasteiger charge is 2.37. The molecule has 0 aromatic heterocycles. The van der Waals surface area contributed by atoms with Gasteiger partial charge < -0.3 is 15.3 Å². The van der Waals surface area contributed by atoms with Crippen LogP contribution < -0.4 is 5.32 Å². The zero-order valence-electron chi connectivity index (χ0n) is 9.02. The molecule has 0 aliphatic carbocycles. The molecule has 2 fully saturated rings. The second-order valence-corrected chi connectivity index (χ2v) is 5.16. The highest BCUT2D eigenvalue weighted by atomic mass is 32.2. The lowest BCUT2D eigenvalue weighted by atomic mass is 10.0. The summed E-state index contributed by atoms with van der Waals surface area (Å²) in [6.07, 6.45) is 2.97. The maximum absolute atomic E-state index is 12.1. The molecular weight excluding hydrogens is 228 g/mol. The fraction of sp³-hybridized carbons (Fsp3) is 0.800. The molecule has 0 aromatic rings. The maximum atomic E-state index is 12.1. The molecule has 90 valence electrons. The van der Waals surface area contributed by atoms with Crippen LogP contribution in [0.1, 0.15) is 19.3 Å². The highest BCUT2D eigenvalue weighted by Crippen LogP contribution is 2.23. The number of carboxylic acid groups (broad SMARTS) is 1. The van der Waals surface area contributed by atoms with Crippen molar-refractivity contribution in [1.82, 2.24) is 10.2 Å². The number of thioether (sulfide) groups is 1. The summed E-state index contributed by atoms with van der Waals surface area (Å²) in [5, 5.41) is 12.2. The number of carbonyl (C=O) groups excluding carboxylic acids is 1. The van der Waals surface area contributed by atoms with E-state index in [1.165, 1.54) is 16.7 Å². The average Bonchev–Trinajstić information content (AvgIpc) is 2.78. The Kier molecular flexibility index (Phi) is 3.70. The molecule has 2 rings (SSSR count). The number of nitrogens with one attached hydrogen (secondary N) is 1. The molecule has 2 heterocycles. The highest BCUT2D eigenvalue weighted by molar-refractivity contribution is 7.99. The first-order valence-corrected chi connectivity index (χ1v) is 6.70. The number of carboxylic acids is 1. The molecule has 2 N–H and O–H groups in total. The number of nitrogens with zero attached hydrogens (tertiary/aromatic N) is 1. The molecule has 2 atom stereocenters. The average molecular weight is 244 g/mol. The Labute approximate surface area is 98.6 Å². The van der Waals surface area contributed by atoms with Crippen molar-refractivity contribution in [3.63, 3.8) is 0 Å². The van der Waals surface area contributed by atoms with Crippen LogP contribution in [-0.2, 0) is 9.59 Å². The van der Waals surface area contributed by atoms with Crippen LogP contribution in [0, 0.1) is 0 Å². The molecule has 16 heavy (non-hydrogen) atoms. The summed E-state index contributed by atoms with van der Waals surface area (Å²) >= 11 is 1.51. The summed E-state index contributed by atoms with van der Waals surface area (Å²) in [7, 11) is 0. The smallest absolute Gasteiger partial charge is 0.327 e. The van der Waals surface area contributed by atoms with E-state index in [-0.39, 0.29) is 11.9 Å². The quantitative estimate of drug-likeness (QED) is 0.722. The summed E-state index contributed by atoms with van der Waals surface area (Å²) in [5.41, 5.74) is 0. The molecule has 0 saturated carbocycles. The minimum absolute atomic E-state index is 0.0444. The zero-order chi connectivity index (χ0) is 11.5. The second-order valence-electron chi connectivity index (χ2n) is 4.16. The molecule has 0 aromatic carbocycles. The fourth-order valence-electron chi connectivity index (χ4n) is 2.13. The van der Waals surface area contributed by atoms with Gasteiger partial charge in [-0.2, -0.15) is 0 Å². The van der Waals surface area contributed by atoms with Gasteiger partial charge in [-0.05, 0) is 19.4 Å². The predicted octanol–water partition coefficient (Wildman–Crippen LogP) is 0.115. The van der Waals surface area contributed by atoms with Crippen molar-refractivity contribution < 1.29 is 14.7 Å². The minimum atomic E-state index is -0.894. The van der Waals surface area contributed by atoms with Crippen LogP contribution >= 0.6 is 11.8 Å². The molecule has 0 spiro atoms. The van der Waals surface area contributed by atoms with Crippen LogP contribution in [0.5, 0.6) is 0 Å². The van der Waals surface area contributed by atoms with E-state index in [1.54, 1.807) is 0 Å². The SMILES string of the molecule is O=C(O)C1CSCN1C(=O)[C@H]1CCCCN1. The summed E-state index contributed by atoms with van der Waals surface area (Å²) in [4.78, 5) is 24.6. The fourth-order valence-corrected chi connectivity index (χ4v) is 3.28. The topological polar surface area (TPSA) is 69.6 Å². The number of piperidine rings is 1. The Morgan fingerprint density at radius 3 is 2.81 bits per heavy atom. The Balaban J connectivity index is 1.99. The molecule has 2 saturated heterocycles. The number of aliphatic carboxylic acids is 1. The van der Waals surface area contributed by atoms with Gasteiger partial charge in [0.05, 0.1) is 11.9 Å². The van der Waals surface area contributed by atoms with E-state index in [0.717, 1.165) is 25.8 Å². The largest absolute Gasteiger partial charge is 0.480 e. The normalized spacial score (nSPS) is 30.4. The first-order valence-electron chi connectivity index (χ1n) is 5.54. The number of amides is 1. The molecule has 1 amide bonds. The lowest BCUT2D eigenvalue weighted by molar-refractivity contribution is -0.148. The van der Waals surface area contributed by atoms with Gasteiger partial charge in [-0.3, -0.25) is 4.79 Å². The number of hydrogen-bond acceptors (Lipinski definition) is 4. The van der Waals surface area contributed by atoms with E-state index >= 15 is 0 Å². The summed E-state index contributed by atoms with van der Waals surface area (Å²) in [6.45, 7) is 0.856. The standard InChI is InChI=1S/C10H16N2O3S/c13-9(7-3-1-2-4-11-7)12-6-16-5-8(12)10(14)15/h7-8,11H,1-6H2,(H,14,15)/t7-,8?/m1/s1. The molecule has 0 radical (unpaired) electrons. The predicted molar refractivity (Wildman–Crippen MR) is 61.2 cm³/mol. The van der Waals surface area contributed by atoms with Gasteiger partial charge in [-0.1, -0.05) is 6.42 Å². The van der Waals surface area contributed by atoms with E-state index in [2.05, 4.69) is 5.32 Å². The van der Waals surface area contributed by atoms with E-state index in [9.17, 15) is 9.59 Å². The van der Waals surface area contributed by atoms with Crippen LogP contribution in [0.25, 0.3) is 0 Å². The monoisotopic (exact) mass is 244 g/mol. The Morgan fingerprint density at radius 2 is 2.19 bits per heavy atom. The van der Waals surface area contributed by atoms with Crippen LogP contribution in [-0.4, -0.2) is 52.1 Å². The van der Waals surface area contributed by atoms with Crippen LogP contribution in [0.3, 0.4) is 0 Å². The second kappa shape index (κ2) is 5.05. The lowest BCUT2D eigenvalue weighted by Crippen LogP contribution is -2.52. The molecule has 2 aliphatic heterocycles. The van der Waals surface area contributed by atoms with E-state index in [0.29, 0.717) is 11.6 Å². The third kappa shape index (κ3) is 2.32. The first kappa shape index (κ1) is 11.7. The third-order valence-electron chi connectivity index (χ3n) is 3.06. The van der Waals surface area contributed by atoms with Crippen molar-refractivity contribution in [3.05, 3.63) is 0 Å². The lowest BCUT2D eigenvalue weighted by Gasteiger charge is -2.29. The Bertz CT molecular complexity index is 292. The molecule has 6 heteroatoms. The number of rotatable bonds is 2. The summed E-state index contributed by atoms with van der Waals surface area (Å²) in [6, 6.07) is -0.810. The van der Waals surface area contributed by atoms with Crippen LogP contribution in [0.4, 0.5) is 0 Å². The van der Waals surface area contributed by atoms with Gasteiger partial charge >= 0.3 is 5.97 Å². The molecule has 5 nitrogen and oxygen atoms in total. The summed E-state index contributed by atoms with van der Waals surface area (Å²) < 4.78 is 0. The minimum Gasteiger partial charge on any atom is -0.480 e. The molecule has 0 bridgehead atoms. The van der Waals surface area contributed by atoms with Crippen LogP contribution in [0.15, 0.2) is 0 Å². The van der Waals surface area contributed by atoms with Gasteiger partial charge in [0.1, 0.15) is 6.04 Å². The molecular formula is C10H16N2O3S. The molecule has 1 unspecified atom stereocenters. The van der Waals surface area contributed by atoms with Crippen molar-refractivity contribution in [2.24, 2.45) is 0 Å². The van der Waals surface area contributed by atoms with Gasteiger partial charge in [0, 0.05) is 5.75 Å². The Morgan fingerprint density at radius 1 is 1.38 bits per heavy atom. The first-order chi connectivity index (χ1) is 7.70. The van der Waals surface area contributed by atoms with Gasteiger partial charge in [0.25, 0.3) is 0 Å². The van der Waals surface area contributed by atoms with Gasteiger partial charge in [0.15, 0.2) is 0 Å². The van der Waals surface area contributed by atoms with Crippen molar-refractivity contribution in [1.29, 1.82) is 0 Å². The third-order valence-corrected chi connectivity index (χ3v) is 4.07. The van der Waals surface area contributed by atoms with E-state index < -0.39 is 12.0 Å². The van der Waals surface area contributed by atoms with Crippen molar-refractivity contribution >= 4 is 23.6 Å². The number of carbonyl (C=O) groups is 2. The number of hydrogen-bond donors (Lipinski definition) is 2. The van der Waals surface area contributed by atoms with Gasteiger partial charge in [0.2, 0.25) is 5.91 Å².